The number of benzene rings is 1. The molecule has 7 nitrogen and oxygen atoms in total. The summed E-state index contributed by atoms with van der Waals surface area (Å²) in [5.74, 6) is 2.39. The monoisotopic (exact) mass is 418 g/mol. The number of ether oxygens (including phenoxy) is 3. The molecule has 1 aromatic carbocycles. The van der Waals surface area contributed by atoms with E-state index in [1.807, 2.05) is 24.3 Å². The Kier molecular flexibility index (Phi) is 6.02. The Bertz CT molecular complexity index is 1230. The highest BCUT2D eigenvalue weighted by Crippen LogP contribution is 2.37. The van der Waals surface area contributed by atoms with Gasteiger partial charge >= 0.3 is 0 Å². The van der Waals surface area contributed by atoms with Gasteiger partial charge in [-0.1, -0.05) is 19.8 Å². The van der Waals surface area contributed by atoms with E-state index in [0.29, 0.717) is 23.9 Å². The molecule has 2 N–H and O–H groups in total. The Morgan fingerprint density at radius 1 is 0.871 bits per heavy atom. The summed E-state index contributed by atoms with van der Waals surface area (Å²) in [4.78, 5) is 13.5. The van der Waals surface area contributed by atoms with Crippen LogP contribution in [0.5, 0.6) is 17.2 Å². The van der Waals surface area contributed by atoms with Crippen molar-refractivity contribution in [3.63, 3.8) is 0 Å². The Balaban J connectivity index is 1.80. The number of methoxy groups -OCH3 is 2. The Morgan fingerprint density at radius 3 is 2.45 bits per heavy atom. The third kappa shape index (κ3) is 4.17. The smallest absolute Gasteiger partial charge is 0.162 e. The summed E-state index contributed by atoms with van der Waals surface area (Å²) < 4.78 is 16.7. The van der Waals surface area contributed by atoms with E-state index in [1.165, 1.54) is 0 Å². The van der Waals surface area contributed by atoms with Crippen LogP contribution in [-0.4, -0.2) is 35.8 Å². The van der Waals surface area contributed by atoms with Crippen LogP contribution in [-0.2, 0) is 0 Å². The number of hydrogen-bond donors (Lipinski definition) is 1. The SMILES string of the molecule is CCCCCOc1cncc(-c2cc3c(cnc4cc(OC)c(OC)cc43)c(N)n2)c1. The van der Waals surface area contributed by atoms with E-state index in [0.717, 1.165) is 57.9 Å². The van der Waals surface area contributed by atoms with Crippen molar-refractivity contribution in [1.29, 1.82) is 0 Å². The van der Waals surface area contributed by atoms with Gasteiger partial charge in [0.1, 0.15) is 11.6 Å². The molecule has 0 radical (unpaired) electrons. The van der Waals surface area contributed by atoms with Gasteiger partial charge in [-0.2, -0.15) is 0 Å². The Hall–Kier alpha value is -3.61. The third-order valence-corrected chi connectivity index (χ3v) is 5.24. The number of pyridine rings is 3. The van der Waals surface area contributed by atoms with Gasteiger partial charge in [0.2, 0.25) is 0 Å². The van der Waals surface area contributed by atoms with Gasteiger partial charge in [-0.15, -0.1) is 0 Å². The molecule has 160 valence electrons. The van der Waals surface area contributed by atoms with E-state index in [9.17, 15) is 0 Å². The highest BCUT2D eigenvalue weighted by Gasteiger charge is 2.14. The maximum atomic E-state index is 6.30. The molecule has 0 unspecified atom stereocenters. The molecular weight excluding hydrogens is 392 g/mol. The van der Waals surface area contributed by atoms with Crippen LogP contribution in [0, 0.1) is 0 Å². The van der Waals surface area contributed by atoms with E-state index in [4.69, 9.17) is 19.9 Å². The number of fused-ring (bicyclic) bond motifs is 3. The van der Waals surface area contributed by atoms with Gasteiger partial charge in [-0.25, -0.2) is 4.98 Å². The lowest BCUT2D eigenvalue weighted by atomic mass is 10.0. The molecule has 0 aliphatic rings. The Morgan fingerprint density at radius 2 is 1.68 bits per heavy atom. The quantitative estimate of drug-likeness (QED) is 0.317. The molecule has 0 aliphatic carbocycles. The lowest BCUT2D eigenvalue weighted by molar-refractivity contribution is 0.305. The van der Waals surface area contributed by atoms with Crippen molar-refractivity contribution in [2.75, 3.05) is 26.6 Å². The summed E-state index contributed by atoms with van der Waals surface area (Å²) in [6.07, 6.45) is 8.54. The summed E-state index contributed by atoms with van der Waals surface area (Å²) in [6, 6.07) is 7.72. The van der Waals surface area contributed by atoms with E-state index in [2.05, 4.69) is 21.9 Å². The van der Waals surface area contributed by atoms with Crippen LogP contribution in [0.2, 0.25) is 0 Å². The zero-order valence-corrected chi connectivity index (χ0v) is 18.0. The first-order chi connectivity index (χ1) is 15.1. The zero-order chi connectivity index (χ0) is 21.8. The maximum Gasteiger partial charge on any atom is 0.162 e. The fourth-order valence-electron chi connectivity index (χ4n) is 3.59. The molecule has 0 atom stereocenters. The number of rotatable bonds is 8. The number of nitrogens with zero attached hydrogens (tertiary/aromatic N) is 3. The van der Waals surface area contributed by atoms with Crippen molar-refractivity contribution < 1.29 is 14.2 Å². The second-order valence-electron chi connectivity index (χ2n) is 7.30. The average Bonchev–Trinajstić information content (AvgIpc) is 2.80. The fourth-order valence-corrected chi connectivity index (χ4v) is 3.59. The average molecular weight is 418 g/mol. The van der Waals surface area contributed by atoms with Crippen molar-refractivity contribution in [2.45, 2.75) is 26.2 Å². The summed E-state index contributed by atoms with van der Waals surface area (Å²) in [5.41, 5.74) is 8.65. The van der Waals surface area contributed by atoms with Crippen LogP contribution >= 0.6 is 0 Å². The van der Waals surface area contributed by atoms with Crippen LogP contribution in [0.15, 0.2) is 42.9 Å². The van der Waals surface area contributed by atoms with Gasteiger partial charge in [-0.05, 0) is 30.0 Å². The van der Waals surface area contributed by atoms with Crippen LogP contribution < -0.4 is 19.9 Å². The minimum atomic E-state index is 0.408. The largest absolute Gasteiger partial charge is 0.493 e. The number of aromatic nitrogens is 3. The topological polar surface area (TPSA) is 92.4 Å². The number of anilines is 1. The predicted molar refractivity (Wildman–Crippen MR) is 123 cm³/mol. The normalized spacial score (nSPS) is 11.1. The minimum absolute atomic E-state index is 0.408. The molecular formula is C24H26N4O3. The minimum Gasteiger partial charge on any atom is -0.493 e. The third-order valence-electron chi connectivity index (χ3n) is 5.24. The Labute approximate surface area is 181 Å². The number of nitrogen functional groups attached to an aromatic ring is 1. The first-order valence-electron chi connectivity index (χ1n) is 10.3. The molecule has 0 fully saturated rings. The lowest BCUT2D eigenvalue weighted by Gasteiger charge is -2.12. The predicted octanol–water partition coefficient (Wildman–Crippen LogP) is 5.01. The fraction of sp³-hybridized carbons (Fsp3) is 0.292. The summed E-state index contributed by atoms with van der Waals surface area (Å²) in [5, 5.41) is 2.62. The molecule has 0 amide bonds. The van der Waals surface area contributed by atoms with E-state index in [-0.39, 0.29) is 0 Å². The summed E-state index contributed by atoms with van der Waals surface area (Å²) >= 11 is 0. The van der Waals surface area contributed by atoms with Gasteiger partial charge in [0.05, 0.1) is 38.2 Å². The van der Waals surface area contributed by atoms with Gasteiger partial charge in [0.15, 0.2) is 11.5 Å². The van der Waals surface area contributed by atoms with Gasteiger partial charge in [0, 0.05) is 34.8 Å². The van der Waals surface area contributed by atoms with Gasteiger partial charge in [-0.3, -0.25) is 9.97 Å². The first-order valence-corrected chi connectivity index (χ1v) is 10.3. The molecule has 3 aromatic heterocycles. The standard InChI is InChI=1S/C24H26N4O3/c1-4-5-6-7-31-16-8-15(12-26-13-16)20-9-17-18-10-22(29-2)23(30-3)11-21(18)27-14-19(17)24(25)28-20/h8-14H,4-7H2,1-3H3,(H2,25,28). The van der Waals surface area contributed by atoms with Gasteiger partial charge < -0.3 is 19.9 Å². The molecule has 4 rings (SSSR count). The highest BCUT2D eigenvalue weighted by atomic mass is 16.5. The molecule has 4 aromatic rings. The van der Waals surface area contributed by atoms with Crippen LogP contribution in [0.1, 0.15) is 26.2 Å². The molecule has 0 saturated heterocycles. The zero-order valence-electron chi connectivity index (χ0n) is 18.0. The van der Waals surface area contributed by atoms with E-state index >= 15 is 0 Å². The number of nitrogens with two attached hydrogens (primary N) is 1. The van der Waals surface area contributed by atoms with Crippen molar-refractivity contribution in [3.8, 4) is 28.5 Å². The summed E-state index contributed by atoms with van der Waals surface area (Å²) in [7, 11) is 3.22. The van der Waals surface area contributed by atoms with E-state index in [1.54, 1.807) is 32.8 Å². The van der Waals surface area contributed by atoms with Gasteiger partial charge in [0.25, 0.3) is 0 Å². The second kappa shape index (κ2) is 9.04. The van der Waals surface area contributed by atoms with Crippen LogP contribution in [0.3, 0.4) is 0 Å². The highest BCUT2D eigenvalue weighted by molar-refractivity contribution is 6.10. The number of hydrogen-bond acceptors (Lipinski definition) is 7. The van der Waals surface area contributed by atoms with Crippen molar-refractivity contribution in [2.24, 2.45) is 0 Å². The van der Waals surface area contributed by atoms with Crippen molar-refractivity contribution in [3.05, 3.63) is 42.9 Å². The molecule has 0 saturated carbocycles. The van der Waals surface area contributed by atoms with E-state index < -0.39 is 0 Å². The molecule has 0 bridgehead atoms. The molecule has 0 aliphatic heterocycles. The number of unbranched alkanes of at least 4 members (excludes halogenated alkanes) is 2. The maximum absolute atomic E-state index is 6.30. The summed E-state index contributed by atoms with van der Waals surface area (Å²) in [6.45, 7) is 2.84. The molecule has 3 heterocycles. The van der Waals surface area contributed by atoms with Crippen LogP contribution in [0.4, 0.5) is 5.82 Å². The van der Waals surface area contributed by atoms with Crippen LogP contribution in [0.25, 0.3) is 32.9 Å². The first kappa shape index (κ1) is 20.7. The molecule has 31 heavy (non-hydrogen) atoms. The second-order valence-corrected chi connectivity index (χ2v) is 7.30. The molecule has 0 spiro atoms. The van der Waals surface area contributed by atoms with Crippen molar-refractivity contribution >= 4 is 27.5 Å². The molecule has 7 heteroatoms. The lowest BCUT2D eigenvalue weighted by Crippen LogP contribution is -1.99. The van der Waals surface area contributed by atoms with Crippen molar-refractivity contribution in [1.82, 2.24) is 15.0 Å².